The van der Waals surface area contributed by atoms with Crippen molar-refractivity contribution >= 4 is 0 Å². The van der Waals surface area contributed by atoms with Gasteiger partial charge in [0.15, 0.2) is 0 Å². The molecule has 2 rings (SSSR count). The number of hydrogen-bond donors (Lipinski definition) is 1. The van der Waals surface area contributed by atoms with Gasteiger partial charge >= 0.3 is 0 Å². The molecule has 0 radical (unpaired) electrons. The van der Waals surface area contributed by atoms with Gasteiger partial charge in [-0.2, -0.15) is 0 Å². The lowest BCUT2D eigenvalue weighted by atomic mass is 9.97. The lowest BCUT2D eigenvalue weighted by Crippen LogP contribution is -2.20. The van der Waals surface area contributed by atoms with E-state index >= 15 is 0 Å². The number of aromatic nitrogens is 1. The number of methoxy groups -OCH3 is 1. The molecule has 0 aliphatic heterocycles. The topological polar surface area (TPSA) is 48.1 Å². The van der Waals surface area contributed by atoms with Gasteiger partial charge in [0.25, 0.3) is 0 Å². The lowest BCUT2D eigenvalue weighted by Gasteiger charge is -2.15. The van der Waals surface area contributed by atoms with Crippen LogP contribution in [0, 0.1) is 0 Å². The molecule has 0 bridgehead atoms. The molecule has 1 aliphatic rings. The van der Waals surface area contributed by atoms with Crippen molar-refractivity contribution in [1.82, 2.24) is 4.98 Å². The first kappa shape index (κ1) is 8.51. The summed E-state index contributed by atoms with van der Waals surface area (Å²) < 4.78 is 5.28. The van der Waals surface area contributed by atoms with E-state index in [1.165, 1.54) is 5.56 Å². The van der Waals surface area contributed by atoms with Crippen molar-refractivity contribution in [2.24, 2.45) is 5.73 Å². The average Bonchev–Trinajstić information content (AvgIpc) is 2.98. The van der Waals surface area contributed by atoms with E-state index in [9.17, 15) is 0 Å². The van der Waals surface area contributed by atoms with Gasteiger partial charge in [0.1, 0.15) is 5.75 Å². The highest BCUT2D eigenvalue weighted by Gasteiger charge is 2.44. The Labute approximate surface area is 77.9 Å². The molecule has 0 unspecified atom stereocenters. The zero-order valence-corrected chi connectivity index (χ0v) is 7.79. The molecule has 0 saturated heterocycles. The van der Waals surface area contributed by atoms with Crippen molar-refractivity contribution < 1.29 is 4.74 Å². The summed E-state index contributed by atoms with van der Waals surface area (Å²) in [6.07, 6.45) is 5.94. The Morgan fingerprint density at radius 3 is 2.92 bits per heavy atom. The second-order valence-electron chi connectivity index (χ2n) is 3.56. The Hall–Kier alpha value is -1.09. The summed E-state index contributed by atoms with van der Waals surface area (Å²) in [5.41, 5.74) is 7.07. The molecule has 1 fully saturated rings. The molecular weight excluding hydrogens is 164 g/mol. The number of nitrogens with two attached hydrogens (primary N) is 1. The fraction of sp³-hybridized carbons (Fsp3) is 0.500. The molecule has 0 aromatic carbocycles. The van der Waals surface area contributed by atoms with Gasteiger partial charge in [-0.15, -0.1) is 0 Å². The normalized spacial score (nSPS) is 18.3. The van der Waals surface area contributed by atoms with Crippen LogP contribution in [0.2, 0.25) is 0 Å². The standard InChI is InChI=1S/C10H14N2O/c1-13-9-2-5-12-6-8(9)10(7-11)3-4-10/h2,5-6H,3-4,7,11H2,1H3. The average molecular weight is 178 g/mol. The minimum Gasteiger partial charge on any atom is -0.496 e. The summed E-state index contributed by atoms with van der Waals surface area (Å²) in [4.78, 5) is 4.11. The molecular formula is C10H14N2O. The number of pyridine rings is 1. The smallest absolute Gasteiger partial charge is 0.125 e. The minimum absolute atomic E-state index is 0.166. The molecule has 0 amide bonds. The van der Waals surface area contributed by atoms with Crippen LogP contribution in [0.25, 0.3) is 0 Å². The van der Waals surface area contributed by atoms with E-state index in [0.29, 0.717) is 6.54 Å². The first-order valence-electron chi connectivity index (χ1n) is 4.51. The maximum Gasteiger partial charge on any atom is 0.125 e. The number of hydrogen-bond acceptors (Lipinski definition) is 3. The molecule has 3 nitrogen and oxygen atoms in total. The molecule has 3 heteroatoms. The van der Waals surface area contributed by atoms with Crippen LogP contribution in [0.15, 0.2) is 18.5 Å². The van der Waals surface area contributed by atoms with Gasteiger partial charge in [0, 0.05) is 29.9 Å². The van der Waals surface area contributed by atoms with Crippen LogP contribution >= 0.6 is 0 Å². The second-order valence-corrected chi connectivity index (χ2v) is 3.56. The van der Waals surface area contributed by atoms with Crippen LogP contribution in [0.5, 0.6) is 5.75 Å². The summed E-state index contributed by atoms with van der Waals surface area (Å²) in [7, 11) is 1.69. The first-order valence-corrected chi connectivity index (χ1v) is 4.51. The van der Waals surface area contributed by atoms with Crippen LogP contribution in [0.3, 0.4) is 0 Å². The Morgan fingerprint density at radius 1 is 1.62 bits per heavy atom. The maximum atomic E-state index is 5.74. The van der Waals surface area contributed by atoms with E-state index in [1.54, 1.807) is 13.3 Å². The molecule has 0 spiro atoms. The highest BCUT2D eigenvalue weighted by molar-refractivity contribution is 5.41. The van der Waals surface area contributed by atoms with Crippen molar-refractivity contribution in [2.45, 2.75) is 18.3 Å². The third-order valence-corrected chi connectivity index (χ3v) is 2.82. The summed E-state index contributed by atoms with van der Waals surface area (Å²) in [6.45, 7) is 0.690. The molecule has 0 atom stereocenters. The van der Waals surface area contributed by atoms with Crippen molar-refractivity contribution in [2.75, 3.05) is 13.7 Å². The van der Waals surface area contributed by atoms with Gasteiger partial charge in [0.05, 0.1) is 7.11 Å². The molecule has 2 N–H and O–H groups in total. The summed E-state index contributed by atoms with van der Waals surface area (Å²) in [5, 5.41) is 0. The van der Waals surface area contributed by atoms with Crippen molar-refractivity contribution in [3.05, 3.63) is 24.0 Å². The second kappa shape index (κ2) is 3.00. The summed E-state index contributed by atoms with van der Waals surface area (Å²) in [5.74, 6) is 0.915. The highest BCUT2D eigenvalue weighted by atomic mass is 16.5. The fourth-order valence-corrected chi connectivity index (χ4v) is 1.69. The van der Waals surface area contributed by atoms with Crippen LogP contribution in [-0.4, -0.2) is 18.6 Å². The predicted molar refractivity (Wildman–Crippen MR) is 50.8 cm³/mol. The SMILES string of the molecule is COc1ccncc1C1(CN)CC1. The van der Waals surface area contributed by atoms with E-state index in [4.69, 9.17) is 10.5 Å². The molecule has 1 heterocycles. The molecule has 1 aliphatic carbocycles. The lowest BCUT2D eigenvalue weighted by molar-refractivity contribution is 0.403. The van der Waals surface area contributed by atoms with E-state index in [1.807, 2.05) is 12.3 Å². The van der Waals surface area contributed by atoms with Crippen LogP contribution in [-0.2, 0) is 5.41 Å². The highest BCUT2D eigenvalue weighted by Crippen LogP contribution is 2.49. The molecule has 13 heavy (non-hydrogen) atoms. The Bertz CT molecular complexity index is 308. The zero-order chi connectivity index (χ0) is 9.31. The van der Waals surface area contributed by atoms with Crippen molar-refractivity contribution in [3.8, 4) is 5.75 Å². The van der Waals surface area contributed by atoms with E-state index < -0.39 is 0 Å². The predicted octanol–water partition coefficient (Wildman–Crippen LogP) is 1.08. The number of ether oxygens (including phenoxy) is 1. The number of rotatable bonds is 3. The van der Waals surface area contributed by atoms with Gasteiger partial charge < -0.3 is 10.5 Å². The van der Waals surface area contributed by atoms with Gasteiger partial charge in [0.2, 0.25) is 0 Å². The Morgan fingerprint density at radius 2 is 2.38 bits per heavy atom. The van der Waals surface area contributed by atoms with E-state index in [2.05, 4.69) is 4.98 Å². The Kier molecular flexibility index (Phi) is 1.96. The quantitative estimate of drug-likeness (QED) is 0.753. The van der Waals surface area contributed by atoms with E-state index in [-0.39, 0.29) is 5.41 Å². The first-order chi connectivity index (χ1) is 6.32. The van der Waals surface area contributed by atoms with Crippen LogP contribution in [0.4, 0.5) is 0 Å². The fourth-order valence-electron chi connectivity index (χ4n) is 1.69. The van der Waals surface area contributed by atoms with E-state index in [0.717, 1.165) is 18.6 Å². The van der Waals surface area contributed by atoms with Crippen molar-refractivity contribution in [1.29, 1.82) is 0 Å². The van der Waals surface area contributed by atoms with Gasteiger partial charge in [-0.3, -0.25) is 4.98 Å². The maximum absolute atomic E-state index is 5.74. The number of nitrogens with zero attached hydrogens (tertiary/aromatic N) is 1. The third-order valence-electron chi connectivity index (χ3n) is 2.82. The molecule has 1 saturated carbocycles. The van der Waals surface area contributed by atoms with Crippen LogP contribution < -0.4 is 10.5 Å². The van der Waals surface area contributed by atoms with Crippen LogP contribution in [0.1, 0.15) is 18.4 Å². The molecule has 1 aromatic rings. The monoisotopic (exact) mass is 178 g/mol. The van der Waals surface area contributed by atoms with Gasteiger partial charge in [-0.1, -0.05) is 0 Å². The van der Waals surface area contributed by atoms with Gasteiger partial charge in [-0.05, 0) is 18.9 Å². The van der Waals surface area contributed by atoms with Crippen molar-refractivity contribution in [3.63, 3.8) is 0 Å². The largest absolute Gasteiger partial charge is 0.496 e. The molecule has 1 aromatic heterocycles. The summed E-state index contributed by atoms with van der Waals surface area (Å²) in [6, 6.07) is 1.89. The minimum atomic E-state index is 0.166. The summed E-state index contributed by atoms with van der Waals surface area (Å²) >= 11 is 0. The zero-order valence-electron chi connectivity index (χ0n) is 7.79. The van der Waals surface area contributed by atoms with Gasteiger partial charge in [-0.25, -0.2) is 0 Å². The molecule has 70 valence electrons. The Balaban J connectivity index is 2.39. The third kappa shape index (κ3) is 1.29.